The Kier molecular flexibility index (Phi) is 3.98. The Morgan fingerprint density at radius 1 is 1.15 bits per heavy atom. The lowest BCUT2D eigenvalue weighted by molar-refractivity contribution is 0.0697. The second-order valence-corrected chi connectivity index (χ2v) is 4.44. The standard InChI is InChI=1S/C15H13F2NO2/c1-9-2-3-10(6-13(9)17)8-18-14-7-11(15(19)20)4-5-12(14)16/h2-7,18H,8H2,1H3,(H,19,20). The van der Waals surface area contributed by atoms with Gasteiger partial charge in [-0.05, 0) is 42.3 Å². The van der Waals surface area contributed by atoms with Crippen LogP contribution in [-0.4, -0.2) is 11.1 Å². The second kappa shape index (κ2) is 5.69. The van der Waals surface area contributed by atoms with Crippen LogP contribution in [0.2, 0.25) is 0 Å². The molecular weight excluding hydrogens is 264 g/mol. The number of aromatic carboxylic acids is 1. The topological polar surface area (TPSA) is 49.3 Å². The Morgan fingerprint density at radius 2 is 1.90 bits per heavy atom. The van der Waals surface area contributed by atoms with Crippen LogP contribution in [0.1, 0.15) is 21.5 Å². The average Bonchev–Trinajstić information content (AvgIpc) is 2.41. The molecule has 0 bridgehead atoms. The van der Waals surface area contributed by atoms with Gasteiger partial charge in [-0.2, -0.15) is 0 Å². The van der Waals surface area contributed by atoms with Crippen molar-refractivity contribution < 1.29 is 18.7 Å². The average molecular weight is 277 g/mol. The largest absolute Gasteiger partial charge is 0.478 e. The van der Waals surface area contributed by atoms with E-state index in [1.54, 1.807) is 19.1 Å². The second-order valence-electron chi connectivity index (χ2n) is 4.44. The van der Waals surface area contributed by atoms with Crippen molar-refractivity contribution in [1.29, 1.82) is 0 Å². The molecule has 0 unspecified atom stereocenters. The highest BCUT2D eigenvalue weighted by atomic mass is 19.1. The molecule has 2 aromatic rings. The van der Waals surface area contributed by atoms with E-state index in [0.717, 1.165) is 6.07 Å². The number of rotatable bonds is 4. The summed E-state index contributed by atoms with van der Waals surface area (Å²) in [6.07, 6.45) is 0. The molecule has 0 spiro atoms. The van der Waals surface area contributed by atoms with Crippen molar-refractivity contribution in [2.45, 2.75) is 13.5 Å². The van der Waals surface area contributed by atoms with Crippen LogP contribution < -0.4 is 5.32 Å². The zero-order valence-corrected chi connectivity index (χ0v) is 10.8. The van der Waals surface area contributed by atoms with Gasteiger partial charge in [0.15, 0.2) is 0 Å². The summed E-state index contributed by atoms with van der Waals surface area (Å²) in [7, 11) is 0. The summed E-state index contributed by atoms with van der Waals surface area (Å²) >= 11 is 0. The highest BCUT2D eigenvalue weighted by molar-refractivity contribution is 5.88. The molecule has 2 N–H and O–H groups in total. The van der Waals surface area contributed by atoms with Gasteiger partial charge in [0.25, 0.3) is 0 Å². The lowest BCUT2D eigenvalue weighted by atomic mass is 10.1. The number of hydrogen-bond donors (Lipinski definition) is 2. The smallest absolute Gasteiger partial charge is 0.335 e. The van der Waals surface area contributed by atoms with Crippen LogP contribution in [0.3, 0.4) is 0 Å². The number of hydrogen-bond acceptors (Lipinski definition) is 2. The van der Waals surface area contributed by atoms with E-state index in [4.69, 9.17) is 5.11 Å². The number of benzene rings is 2. The fourth-order valence-electron chi connectivity index (χ4n) is 1.74. The van der Waals surface area contributed by atoms with Crippen molar-refractivity contribution in [2.24, 2.45) is 0 Å². The molecule has 0 aromatic heterocycles. The van der Waals surface area contributed by atoms with Gasteiger partial charge in [-0.25, -0.2) is 13.6 Å². The Bertz CT molecular complexity index is 656. The molecule has 0 heterocycles. The molecule has 2 rings (SSSR count). The molecule has 5 heteroatoms. The van der Waals surface area contributed by atoms with Gasteiger partial charge in [0.2, 0.25) is 0 Å². The van der Waals surface area contributed by atoms with Gasteiger partial charge >= 0.3 is 5.97 Å². The van der Waals surface area contributed by atoms with Gasteiger partial charge in [-0.15, -0.1) is 0 Å². The summed E-state index contributed by atoms with van der Waals surface area (Å²) in [5, 5.41) is 11.6. The molecule has 20 heavy (non-hydrogen) atoms. The summed E-state index contributed by atoms with van der Waals surface area (Å²) in [4.78, 5) is 10.8. The van der Waals surface area contributed by atoms with Crippen LogP contribution in [0.5, 0.6) is 0 Å². The highest BCUT2D eigenvalue weighted by Gasteiger charge is 2.08. The molecule has 0 saturated heterocycles. The first-order valence-corrected chi connectivity index (χ1v) is 5.99. The monoisotopic (exact) mass is 277 g/mol. The zero-order chi connectivity index (χ0) is 14.7. The number of anilines is 1. The summed E-state index contributed by atoms with van der Waals surface area (Å²) in [6.45, 7) is 1.86. The Balaban J connectivity index is 2.15. The number of carboxylic acids is 1. The Labute approximate surface area is 114 Å². The van der Waals surface area contributed by atoms with E-state index < -0.39 is 11.8 Å². The van der Waals surface area contributed by atoms with Gasteiger partial charge in [0.05, 0.1) is 11.3 Å². The van der Waals surface area contributed by atoms with Gasteiger partial charge in [-0.1, -0.05) is 12.1 Å². The van der Waals surface area contributed by atoms with Crippen LogP contribution in [0.4, 0.5) is 14.5 Å². The third kappa shape index (κ3) is 3.12. The predicted octanol–water partition coefficient (Wildman–Crippen LogP) is 3.58. The highest BCUT2D eigenvalue weighted by Crippen LogP contribution is 2.18. The Morgan fingerprint density at radius 3 is 2.55 bits per heavy atom. The van der Waals surface area contributed by atoms with E-state index in [1.165, 1.54) is 18.2 Å². The fourth-order valence-corrected chi connectivity index (χ4v) is 1.74. The summed E-state index contributed by atoms with van der Waals surface area (Å²) in [5.41, 5.74) is 1.25. The molecular formula is C15H13F2NO2. The summed E-state index contributed by atoms with van der Waals surface area (Å²) in [6, 6.07) is 8.21. The maximum atomic E-state index is 13.5. The summed E-state index contributed by atoms with van der Waals surface area (Å²) < 4.78 is 26.9. The van der Waals surface area contributed by atoms with Gasteiger partial charge in [0, 0.05) is 6.54 Å². The van der Waals surface area contributed by atoms with Crippen molar-refractivity contribution in [3.05, 3.63) is 64.7 Å². The predicted molar refractivity (Wildman–Crippen MR) is 71.8 cm³/mol. The number of carboxylic acid groups (broad SMARTS) is 1. The summed E-state index contributed by atoms with van der Waals surface area (Å²) in [5.74, 6) is -2.01. The molecule has 0 fully saturated rings. The van der Waals surface area contributed by atoms with Gasteiger partial charge < -0.3 is 10.4 Å². The van der Waals surface area contributed by atoms with E-state index in [0.29, 0.717) is 11.1 Å². The first-order chi connectivity index (χ1) is 9.47. The minimum Gasteiger partial charge on any atom is -0.478 e. The van der Waals surface area contributed by atoms with Crippen LogP contribution in [0.15, 0.2) is 36.4 Å². The maximum Gasteiger partial charge on any atom is 0.335 e. The van der Waals surface area contributed by atoms with Crippen molar-refractivity contribution in [3.63, 3.8) is 0 Å². The quantitative estimate of drug-likeness (QED) is 0.898. The number of carbonyl (C=O) groups is 1. The van der Waals surface area contributed by atoms with E-state index in [2.05, 4.69) is 5.32 Å². The van der Waals surface area contributed by atoms with E-state index >= 15 is 0 Å². The number of halogens is 2. The first kappa shape index (κ1) is 14.0. The fraction of sp³-hybridized carbons (Fsp3) is 0.133. The molecule has 104 valence electrons. The third-order valence-corrected chi connectivity index (χ3v) is 2.93. The van der Waals surface area contributed by atoms with Crippen molar-refractivity contribution in [3.8, 4) is 0 Å². The number of nitrogens with one attached hydrogen (secondary N) is 1. The molecule has 3 nitrogen and oxygen atoms in total. The van der Waals surface area contributed by atoms with Crippen LogP contribution in [0, 0.1) is 18.6 Å². The van der Waals surface area contributed by atoms with Crippen LogP contribution in [0.25, 0.3) is 0 Å². The van der Waals surface area contributed by atoms with Crippen molar-refractivity contribution in [1.82, 2.24) is 0 Å². The number of aryl methyl sites for hydroxylation is 1. The molecule has 0 saturated carbocycles. The molecule has 0 aliphatic carbocycles. The van der Waals surface area contributed by atoms with E-state index in [1.807, 2.05) is 0 Å². The normalized spacial score (nSPS) is 10.3. The molecule has 0 atom stereocenters. The lowest BCUT2D eigenvalue weighted by Gasteiger charge is -2.09. The van der Waals surface area contributed by atoms with Gasteiger partial charge in [-0.3, -0.25) is 0 Å². The van der Waals surface area contributed by atoms with Crippen LogP contribution >= 0.6 is 0 Å². The van der Waals surface area contributed by atoms with Crippen molar-refractivity contribution in [2.75, 3.05) is 5.32 Å². The molecule has 2 aromatic carbocycles. The first-order valence-electron chi connectivity index (χ1n) is 5.99. The minimum atomic E-state index is -1.13. The van der Waals surface area contributed by atoms with Crippen LogP contribution in [-0.2, 0) is 6.54 Å². The van der Waals surface area contributed by atoms with E-state index in [-0.39, 0.29) is 23.6 Å². The maximum absolute atomic E-state index is 13.5. The zero-order valence-electron chi connectivity index (χ0n) is 10.8. The SMILES string of the molecule is Cc1ccc(CNc2cc(C(=O)O)ccc2F)cc1F. The molecule has 0 amide bonds. The van der Waals surface area contributed by atoms with Crippen molar-refractivity contribution >= 4 is 11.7 Å². The minimum absolute atomic E-state index is 0.0102. The lowest BCUT2D eigenvalue weighted by Crippen LogP contribution is -2.04. The van der Waals surface area contributed by atoms with Gasteiger partial charge in [0.1, 0.15) is 11.6 Å². The third-order valence-electron chi connectivity index (χ3n) is 2.93. The Hall–Kier alpha value is -2.43. The molecule has 0 radical (unpaired) electrons. The van der Waals surface area contributed by atoms with E-state index in [9.17, 15) is 13.6 Å². The molecule has 0 aliphatic rings. The molecule has 0 aliphatic heterocycles.